The Morgan fingerprint density at radius 2 is 1.82 bits per heavy atom. The summed E-state index contributed by atoms with van der Waals surface area (Å²) in [6.45, 7) is 5.37. The van der Waals surface area contributed by atoms with Gasteiger partial charge in [-0.25, -0.2) is 14.4 Å². The summed E-state index contributed by atoms with van der Waals surface area (Å²) in [4.78, 5) is 8.51. The van der Waals surface area contributed by atoms with Crippen LogP contribution < -0.4 is 5.73 Å². The van der Waals surface area contributed by atoms with Crippen molar-refractivity contribution in [3.63, 3.8) is 0 Å². The van der Waals surface area contributed by atoms with Crippen LogP contribution in [0, 0.1) is 26.6 Å². The molecule has 88 valence electrons. The van der Waals surface area contributed by atoms with E-state index in [0.717, 1.165) is 11.3 Å². The van der Waals surface area contributed by atoms with Crippen LogP contribution in [0.4, 0.5) is 10.1 Å². The van der Waals surface area contributed by atoms with Crippen molar-refractivity contribution in [2.75, 3.05) is 5.73 Å². The summed E-state index contributed by atoms with van der Waals surface area (Å²) in [5, 5.41) is 0. The van der Waals surface area contributed by atoms with Gasteiger partial charge in [0.25, 0.3) is 0 Å². The highest BCUT2D eigenvalue weighted by molar-refractivity contribution is 5.74. The molecule has 0 saturated heterocycles. The van der Waals surface area contributed by atoms with E-state index in [1.54, 1.807) is 19.1 Å². The summed E-state index contributed by atoms with van der Waals surface area (Å²) < 4.78 is 13.2. The minimum atomic E-state index is -0.227. The van der Waals surface area contributed by atoms with Gasteiger partial charge >= 0.3 is 0 Å². The topological polar surface area (TPSA) is 51.8 Å². The maximum Gasteiger partial charge on any atom is 0.126 e. The number of anilines is 1. The molecule has 0 spiro atoms. The van der Waals surface area contributed by atoms with Crippen LogP contribution >= 0.6 is 0 Å². The van der Waals surface area contributed by atoms with Crippen LogP contribution in [0.2, 0.25) is 0 Å². The highest BCUT2D eigenvalue weighted by Gasteiger charge is 2.10. The van der Waals surface area contributed by atoms with Crippen LogP contribution in [0.15, 0.2) is 18.2 Å². The Balaban J connectivity index is 2.64. The van der Waals surface area contributed by atoms with Crippen LogP contribution in [0.1, 0.15) is 17.1 Å². The molecule has 2 rings (SSSR count). The number of aryl methyl sites for hydroxylation is 3. The fraction of sp³-hybridized carbons (Fsp3) is 0.231. The number of benzene rings is 1. The first kappa shape index (κ1) is 11.5. The highest BCUT2D eigenvalue weighted by Crippen LogP contribution is 2.26. The van der Waals surface area contributed by atoms with Crippen molar-refractivity contribution >= 4 is 5.69 Å². The number of nitrogen functional groups attached to an aromatic ring is 1. The van der Waals surface area contributed by atoms with Gasteiger partial charge in [-0.3, -0.25) is 0 Å². The second kappa shape index (κ2) is 4.13. The molecule has 0 amide bonds. The van der Waals surface area contributed by atoms with Crippen molar-refractivity contribution in [2.45, 2.75) is 20.8 Å². The predicted molar refractivity (Wildman–Crippen MR) is 66.0 cm³/mol. The minimum Gasteiger partial charge on any atom is -0.395 e. The van der Waals surface area contributed by atoms with Gasteiger partial charge in [0.1, 0.15) is 11.6 Å². The number of nitrogens with two attached hydrogens (primary N) is 1. The average Bonchev–Trinajstić information content (AvgIpc) is 2.27. The summed E-state index contributed by atoms with van der Waals surface area (Å²) >= 11 is 0. The average molecular weight is 231 g/mol. The largest absolute Gasteiger partial charge is 0.395 e. The molecule has 0 radical (unpaired) electrons. The summed E-state index contributed by atoms with van der Waals surface area (Å²) in [5.74, 6) is 0.434. The summed E-state index contributed by atoms with van der Waals surface area (Å²) in [6, 6.07) is 4.85. The number of hydrogen-bond acceptors (Lipinski definition) is 3. The molecule has 1 aromatic carbocycles. The lowest BCUT2D eigenvalue weighted by molar-refractivity contribution is 0.619. The molecule has 17 heavy (non-hydrogen) atoms. The number of aromatic nitrogens is 2. The predicted octanol–water partition coefficient (Wildman–Crippen LogP) is 2.79. The van der Waals surface area contributed by atoms with Gasteiger partial charge in [-0.1, -0.05) is 0 Å². The van der Waals surface area contributed by atoms with Crippen molar-refractivity contribution in [3.05, 3.63) is 41.1 Å². The molecule has 2 N–H and O–H groups in total. The number of nitrogens with zero attached hydrogens (tertiary/aromatic N) is 2. The monoisotopic (exact) mass is 231 g/mol. The third-order valence-electron chi connectivity index (χ3n) is 2.68. The Morgan fingerprint density at radius 1 is 1.12 bits per heavy atom. The molecule has 2 aromatic rings. The first-order valence-corrected chi connectivity index (χ1v) is 5.36. The molecule has 0 saturated carbocycles. The van der Waals surface area contributed by atoms with E-state index < -0.39 is 0 Å². The van der Waals surface area contributed by atoms with Crippen molar-refractivity contribution in [1.29, 1.82) is 0 Å². The van der Waals surface area contributed by atoms with Crippen molar-refractivity contribution < 1.29 is 4.39 Å². The zero-order chi connectivity index (χ0) is 12.6. The molecule has 0 unspecified atom stereocenters. The van der Waals surface area contributed by atoms with Crippen LogP contribution in [0.25, 0.3) is 11.3 Å². The fourth-order valence-electron chi connectivity index (χ4n) is 1.73. The Bertz CT molecular complexity index is 579. The second-order valence-corrected chi connectivity index (χ2v) is 4.08. The van der Waals surface area contributed by atoms with E-state index in [2.05, 4.69) is 9.97 Å². The minimum absolute atomic E-state index is 0.227. The summed E-state index contributed by atoms with van der Waals surface area (Å²) in [5.41, 5.74) is 9.30. The van der Waals surface area contributed by atoms with Crippen LogP contribution in [0.3, 0.4) is 0 Å². The highest BCUT2D eigenvalue weighted by atomic mass is 19.1. The van der Waals surface area contributed by atoms with Gasteiger partial charge in [-0.05, 0) is 44.5 Å². The van der Waals surface area contributed by atoms with Gasteiger partial charge in [0.2, 0.25) is 0 Å². The molecule has 3 nitrogen and oxygen atoms in total. The molecule has 0 atom stereocenters. The zero-order valence-corrected chi connectivity index (χ0v) is 10.1. The van der Waals surface area contributed by atoms with E-state index in [0.29, 0.717) is 22.8 Å². The zero-order valence-electron chi connectivity index (χ0n) is 10.1. The molecule has 0 bridgehead atoms. The Labute approximate surface area is 99.5 Å². The van der Waals surface area contributed by atoms with Gasteiger partial charge in [0.15, 0.2) is 0 Å². The fourth-order valence-corrected chi connectivity index (χ4v) is 1.73. The molecule has 1 heterocycles. The van der Waals surface area contributed by atoms with E-state index >= 15 is 0 Å². The smallest absolute Gasteiger partial charge is 0.126 e. The summed E-state index contributed by atoms with van der Waals surface area (Å²) in [7, 11) is 0. The maximum absolute atomic E-state index is 13.2. The summed E-state index contributed by atoms with van der Waals surface area (Å²) in [6.07, 6.45) is 0. The van der Waals surface area contributed by atoms with Gasteiger partial charge in [-0.15, -0.1) is 0 Å². The van der Waals surface area contributed by atoms with Crippen molar-refractivity contribution in [2.24, 2.45) is 0 Å². The standard InChI is InChI=1S/C13H14FN3/c1-7-6-10(4-5-11(7)14)13-12(15)8(2)16-9(3)17-13/h4-6H,15H2,1-3H3. The molecular weight excluding hydrogens is 217 g/mol. The quantitative estimate of drug-likeness (QED) is 0.821. The third-order valence-corrected chi connectivity index (χ3v) is 2.68. The van der Waals surface area contributed by atoms with Crippen LogP contribution in [-0.4, -0.2) is 9.97 Å². The lowest BCUT2D eigenvalue weighted by Gasteiger charge is -2.09. The third kappa shape index (κ3) is 2.11. The van der Waals surface area contributed by atoms with E-state index in [-0.39, 0.29) is 5.82 Å². The second-order valence-electron chi connectivity index (χ2n) is 4.08. The molecular formula is C13H14FN3. The van der Waals surface area contributed by atoms with E-state index in [1.165, 1.54) is 6.07 Å². The van der Waals surface area contributed by atoms with Crippen molar-refractivity contribution in [3.8, 4) is 11.3 Å². The van der Waals surface area contributed by atoms with E-state index in [1.807, 2.05) is 13.8 Å². The Kier molecular flexibility index (Phi) is 2.79. The Hall–Kier alpha value is -1.97. The first-order chi connectivity index (χ1) is 7.99. The molecule has 1 aromatic heterocycles. The maximum atomic E-state index is 13.2. The van der Waals surface area contributed by atoms with Gasteiger partial charge in [-0.2, -0.15) is 0 Å². The normalized spacial score (nSPS) is 10.6. The lowest BCUT2D eigenvalue weighted by Crippen LogP contribution is -2.02. The van der Waals surface area contributed by atoms with Gasteiger partial charge < -0.3 is 5.73 Å². The van der Waals surface area contributed by atoms with Gasteiger partial charge in [0.05, 0.1) is 17.1 Å². The van der Waals surface area contributed by atoms with Crippen LogP contribution in [-0.2, 0) is 0 Å². The van der Waals surface area contributed by atoms with Gasteiger partial charge in [0, 0.05) is 5.56 Å². The SMILES string of the molecule is Cc1nc(C)c(N)c(-c2ccc(F)c(C)c2)n1. The molecule has 0 aliphatic rings. The number of hydrogen-bond donors (Lipinski definition) is 1. The molecule has 4 heteroatoms. The molecule has 0 fully saturated rings. The van der Waals surface area contributed by atoms with E-state index in [4.69, 9.17) is 5.73 Å². The van der Waals surface area contributed by atoms with Crippen molar-refractivity contribution in [1.82, 2.24) is 9.97 Å². The van der Waals surface area contributed by atoms with Crippen LogP contribution in [0.5, 0.6) is 0 Å². The number of rotatable bonds is 1. The Morgan fingerprint density at radius 3 is 2.47 bits per heavy atom. The van der Waals surface area contributed by atoms with E-state index in [9.17, 15) is 4.39 Å². The first-order valence-electron chi connectivity index (χ1n) is 5.36. The number of halogens is 1. The molecule has 0 aliphatic heterocycles. The molecule has 0 aliphatic carbocycles. The lowest BCUT2D eigenvalue weighted by atomic mass is 10.1.